The highest BCUT2D eigenvalue weighted by Gasteiger charge is 2.23. The molecule has 10 rings (SSSR count). The van der Waals surface area contributed by atoms with Crippen molar-refractivity contribution in [2.75, 3.05) is 4.90 Å². The first-order valence-electron chi connectivity index (χ1n) is 18.4. The van der Waals surface area contributed by atoms with Gasteiger partial charge < -0.3 is 9.32 Å². The van der Waals surface area contributed by atoms with Gasteiger partial charge in [0.1, 0.15) is 11.2 Å². The average molecular weight is 690 g/mol. The molecule has 0 saturated heterocycles. The summed E-state index contributed by atoms with van der Waals surface area (Å²) in [5.74, 6) is 0. The Balaban J connectivity index is 1.21. The molecule has 0 unspecified atom stereocenters. The second-order valence-electron chi connectivity index (χ2n) is 13.7. The molecule has 0 aliphatic carbocycles. The predicted molar refractivity (Wildman–Crippen MR) is 228 cm³/mol. The lowest BCUT2D eigenvalue weighted by molar-refractivity contribution is 0.670. The monoisotopic (exact) mass is 689 g/mol. The molecule has 0 atom stereocenters. The van der Waals surface area contributed by atoms with E-state index < -0.39 is 0 Å². The van der Waals surface area contributed by atoms with Crippen LogP contribution >= 0.6 is 0 Å². The fraction of sp³-hybridized carbons (Fsp3) is 0. The summed E-state index contributed by atoms with van der Waals surface area (Å²) in [5.41, 5.74) is 14.2. The van der Waals surface area contributed by atoms with Crippen LogP contribution in [0, 0.1) is 0 Å². The maximum absolute atomic E-state index is 6.86. The van der Waals surface area contributed by atoms with Gasteiger partial charge in [0.05, 0.1) is 11.1 Å². The van der Waals surface area contributed by atoms with E-state index in [0.29, 0.717) is 0 Å². The van der Waals surface area contributed by atoms with Gasteiger partial charge in [-0.2, -0.15) is 0 Å². The Kier molecular flexibility index (Phi) is 7.85. The Labute approximate surface area is 314 Å². The topological polar surface area (TPSA) is 16.4 Å². The van der Waals surface area contributed by atoms with Crippen LogP contribution in [0.15, 0.2) is 217 Å². The number of fused-ring (bicyclic) bond motifs is 4. The molecule has 1 heterocycles. The quantitative estimate of drug-likeness (QED) is 0.166. The first-order chi connectivity index (χ1) is 26.8. The molecule has 0 fully saturated rings. The molecular weight excluding hydrogens is 655 g/mol. The van der Waals surface area contributed by atoms with Crippen molar-refractivity contribution in [3.63, 3.8) is 0 Å². The van der Waals surface area contributed by atoms with Crippen molar-refractivity contribution >= 4 is 49.8 Å². The van der Waals surface area contributed by atoms with E-state index in [1.54, 1.807) is 0 Å². The molecule has 1 aromatic heterocycles. The first kappa shape index (κ1) is 31.6. The van der Waals surface area contributed by atoms with Crippen molar-refractivity contribution in [3.8, 4) is 44.5 Å². The fourth-order valence-electron chi connectivity index (χ4n) is 7.89. The molecule has 0 aliphatic rings. The van der Waals surface area contributed by atoms with Gasteiger partial charge in [-0.25, -0.2) is 0 Å². The van der Waals surface area contributed by atoms with Crippen LogP contribution in [-0.2, 0) is 0 Å². The van der Waals surface area contributed by atoms with Crippen molar-refractivity contribution < 1.29 is 4.42 Å². The van der Waals surface area contributed by atoms with Crippen molar-refractivity contribution in [2.45, 2.75) is 0 Å². The summed E-state index contributed by atoms with van der Waals surface area (Å²) in [4.78, 5) is 2.40. The lowest BCUT2D eigenvalue weighted by Gasteiger charge is -2.28. The Morgan fingerprint density at radius 2 is 0.833 bits per heavy atom. The van der Waals surface area contributed by atoms with E-state index in [9.17, 15) is 0 Å². The zero-order valence-corrected chi connectivity index (χ0v) is 29.6. The van der Waals surface area contributed by atoms with Crippen LogP contribution in [-0.4, -0.2) is 0 Å². The van der Waals surface area contributed by atoms with E-state index in [1.165, 1.54) is 33.0 Å². The summed E-state index contributed by atoms with van der Waals surface area (Å²) in [6, 6.07) is 75.8. The van der Waals surface area contributed by atoms with E-state index in [1.807, 2.05) is 0 Å². The lowest BCUT2D eigenvalue weighted by Crippen LogP contribution is -2.11. The smallest absolute Gasteiger partial charge is 0.145 e. The van der Waals surface area contributed by atoms with Gasteiger partial charge in [-0.3, -0.25) is 0 Å². The second kappa shape index (κ2) is 13.4. The highest BCUT2D eigenvalue weighted by Crippen LogP contribution is 2.47. The van der Waals surface area contributed by atoms with Crippen LogP contribution in [0.1, 0.15) is 0 Å². The van der Waals surface area contributed by atoms with Gasteiger partial charge in [-0.05, 0) is 98.2 Å². The number of hydrogen-bond acceptors (Lipinski definition) is 2. The van der Waals surface area contributed by atoms with Crippen molar-refractivity contribution in [1.29, 1.82) is 0 Å². The largest absolute Gasteiger partial charge is 0.455 e. The molecule has 10 aromatic rings. The van der Waals surface area contributed by atoms with E-state index in [0.717, 1.165) is 61.3 Å². The van der Waals surface area contributed by atoms with Gasteiger partial charge in [-0.15, -0.1) is 0 Å². The van der Waals surface area contributed by atoms with Crippen LogP contribution < -0.4 is 4.90 Å². The SMILES string of the molecule is c1ccc(-c2cccc(-c3cccc(N(c4cccc(-c5ccccc5)c4)c4ccc(-c5cccc6ccccc56)c5oc6ccccc6c45)c3)c2)cc1. The van der Waals surface area contributed by atoms with E-state index in [4.69, 9.17) is 4.42 Å². The molecule has 0 N–H and O–H groups in total. The molecule has 2 heteroatoms. The first-order valence-corrected chi connectivity index (χ1v) is 18.4. The van der Waals surface area contributed by atoms with Crippen LogP contribution in [0.3, 0.4) is 0 Å². The number of para-hydroxylation sites is 1. The summed E-state index contributed by atoms with van der Waals surface area (Å²) in [7, 11) is 0. The molecule has 2 nitrogen and oxygen atoms in total. The maximum atomic E-state index is 6.86. The van der Waals surface area contributed by atoms with Crippen LogP contribution in [0.25, 0.3) is 77.2 Å². The molecule has 0 radical (unpaired) electrons. The van der Waals surface area contributed by atoms with Gasteiger partial charge >= 0.3 is 0 Å². The Hall–Kier alpha value is -7.16. The number of hydrogen-bond donors (Lipinski definition) is 0. The minimum absolute atomic E-state index is 0.867. The summed E-state index contributed by atoms with van der Waals surface area (Å²) in [6.07, 6.45) is 0. The fourth-order valence-corrected chi connectivity index (χ4v) is 7.89. The zero-order valence-electron chi connectivity index (χ0n) is 29.6. The van der Waals surface area contributed by atoms with Gasteiger partial charge in [-0.1, -0.05) is 164 Å². The van der Waals surface area contributed by atoms with Gasteiger partial charge in [0.25, 0.3) is 0 Å². The summed E-state index contributed by atoms with van der Waals surface area (Å²) < 4.78 is 6.86. The Bertz CT molecular complexity index is 2940. The van der Waals surface area contributed by atoms with Gasteiger partial charge in [0.2, 0.25) is 0 Å². The molecule has 9 aromatic carbocycles. The predicted octanol–water partition coefficient (Wildman–Crippen LogP) is 14.9. The summed E-state index contributed by atoms with van der Waals surface area (Å²) >= 11 is 0. The normalized spacial score (nSPS) is 11.3. The highest BCUT2D eigenvalue weighted by molar-refractivity contribution is 6.18. The molecular formula is C52H35NO. The molecule has 0 spiro atoms. The summed E-state index contributed by atoms with van der Waals surface area (Å²) in [6.45, 7) is 0. The van der Waals surface area contributed by atoms with E-state index in [2.05, 4.69) is 217 Å². The van der Waals surface area contributed by atoms with Gasteiger partial charge in [0.15, 0.2) is 0 Å². The summed E-state index contributed by atoms with van der Waals surface area (Å²) in [5, 5.41) is 4.57. The standard InChI is InChI=1S/C52H35NO/c1-3-15-36(16-4-1)39-21-11-22-40(33-39)42-24-13-26-44(35-42)53(43-25-12-23-41(34-43)37-17-5-2-6-18-37)49-32-31-47(46-29-14-20-38-19-7-8-27-45(38)46)52-51(49)48-28-9-10-30-50(48)54-52/h1-35H. The Morgan fingerprint density at radius 3 is 1.54 bits per heavy atom. The Morgan fingerprint density at radius 1 is 0.333 bits per heavy atom. The third kappa shape index (κ3) is 5.62. The zero-order chi connectivity index (χ0) is 35.8. The van der Waals surface area contributed by atoms with E-state index >= 15 is 0 Å². The molecule has 0 saturated carbocycles. The molecule has 0 aliphatic heterocycles. The minimum atomic E-state index is 0.867. The molecule has 54 heavy (non-hydrogen) atoms. The van der Waals surface area contributed by atoms with Crippen LogP contribution in [0.5, 0.6) is 0 Å². The maximum Gasteiger partial charge on any atom is 0.145 e. The average Bonchev–Trinajstić information content (AvgIpc) is 3.65. The number of furan rings is 1. The van der Waals surface area contributed by atoms with Crippen LogP contribution in [0.2, 0.25) is 0 Å². The minimum Gasteiger partial charge on any atom is -0.455 e. The lowest BCUT2D eigenvalue weighted by atomic mass is 9.95. The second-order valence-corrected chi connectivity index (χ2v) is 13.7. The number of nitrogens with zero attached hydrogens (tertiary/aromatic N) is 1. The highest BCUT2D eigenvalue weighted by atomic mass is 16.3. The van der Waals surface area contributed by atoms with E-state index in [-0.39, 0.29) is 0 Å². The van der Waals surface area contributed by atoms with Crippen molar-refractivity contribution in [3.05, 3.63) is 212 Å². The molecule has 0 amide bonds. The van der Waals surface area contributed by atoms with Crippen molar-refractivity contribution in [2.24, 2.45) is 0 Å². The third-order valence-electron chi connectivity index (χ3n) is 10.4. The number of rotatable bonds is 7. The number of anilines is 3. The number of benzene rings is 9. The van der Waals surface area contributed by atoms with Crippen LogP contribution in [0.4, 0.5) is 17.1 Å². The van der Waals surface area contributed by atoms with Gasteiger partial charge in [0, 0.05) is 22.3 Å². The molecule has 254 valence electrons. The van der Waals surface area contributed by atoms with Crippen molar-refractivity contribution in [1.82, 2.24) is 0 Å². The molecule has 0 bridgehead atoms. The third-order valence-corrected chi connectivity index (χ3v) is 10.4.